The SMILES string of the molecule is C=C1NC2=C(C(=O)CC(c3ccc(Cl)cc3)C2)C(c2ccc(N(C)C)cc2)C1C(=O)OC. The number of nitrogens with zero attached hydrogens (tertiary/aromatic N) is 1. The zero-order valence-corrected chi connectivity index (χ0v) is 19.3. The van der Waals surface area contributed by atoms with Crippen LogP contribution < -0.4 is 10.2 Å². The molecular weight excluding hydrogens is 424 g/mol. The first kappa shape index (κ1) is 22.2. The summed E-state index contributed by atoms with van der Waals surface area (Å²) in [7, 11) is 5.31. The van der Waals surface area contributed by atoms with Crippen molar-refractivity contribution in [3.63, 3.8) is 0 Å². The van der Waals surface area contributed by atoms with E-state index in [2.05, 4.69) is 11.9 Å². The van der Waals surface area contributed by atoms with Crippen LogP contribution in [0, 0.1) is 5.92 Å². The highest BCUT2D eigenvalue weighted by molar-refractivity contribution is 6.30. The molecule has 3 atom stereocenters. The predicted octanol–water partition coefficient (Wildman–Crippen LogP) is 4.80. The van der Waals surface area contributed by atoms with Gasteiger partial charge in [0.1, 0.15) is 5.92 Å². The third-order valence-corrected chi connectivity index (χ3v) is 6.66. The number of anilines is 1. The van der Waals surface area contributed by atoms with E-state index in [1.54, 1.807) is 0 Å². The van der Waals surface area contributed by atoms with Crippen molar-refractivity contribution in [2.24, 2.45) is 5.92 Å². The fraction of sp³-hybridized carbons (Fsp3) is 0.308. The van der Waals surface area contributed by atoms with Gasteiger partial charge in [-0.3, -0.25) is 9.59 Å². The molecule has 0 fully saturated rings. The van der Waals surface area contributed by atoms with E-state index in [1.165, 1.54) is 7.11 Å². The standard InChI is InChI=1S/C26H27ClN2O3/c1-15-23(26(31)32-4)24(17-7-11-20(12-8-17)29(2)3)25-21(28-15)13-18(14-22(25)30)16-5-9-19(27)10-6-16/h5-12,18,23-24,28H,1,13-14H2,2-4H3. The van der Waals surface area contributed by atoms with E-state index in [0.29, 0.717) is 29.1 Å². The van der Waals surface area contributed by atoms with Crippen LogP contribution in [-0.4, -0.2) is 33.0 Å². The molecule has 166 valence electrons. The highest BCUT2D eigenvalue weighted by Gasteiger charge is 2.45. The maximum Gasteiger partial charge on any atom is 0.315 e. The Morgan fingerprint density at radius 3 is 2.28 bits per heavy atom. The summed E-state index contributed by atoms with van der Waals surface area (Å²) in [6.07, 6.45) is 1.05. The molecule has 0 spiro atoms. The Hall–Kier alpha value is -3.05. The fourth-order valence-corrected chi connectivity index (χ4v) is 4.89. The molecule has 0 saturated carbocycles. The number of halogens is 1. The first-order valence-electron chi connectivity index (χ1n) is 10.6. The molecule has 1 heterocycles. The number of methoxy groups -OCH3 is 1. The number of carbonyl (C=O) groups excluding carboxylic acids is 2. The van der Waals surface area contributed by atoms with E-state index in [4.69, 9.17) is 16.3 Å². The smallest absolute Gasteiger partial charge is 0.315 e. The molecule has 32 heavy (non-hydrogen) atoms. The lowest BCUT2D eigenvalue weighted by molar-refractivity contribution is -0.144. The first-order chi connectivity index (χ1) is 15.3. The number of Topliss-reactive ketones (excluding diaryl/α,β-unsaturated/α-hetero) is 1. The molecule has 0 aromatic heterocycles. The summed E-state index contributed by atoms with van der Waals surface area (Å²) in [4.78, 5) is 28.3. The average molecular weight is 451 g/mol. The monoisotopic (exact) mass is 450 g/mol. The van der Waals surface area contributed by atoms with Crippen molar-refractivity contribution in [3.05, 3.63) is 88.2 Å². The van der Waals surface area contributed by atoms with Gasteiger partial charge in [0.2, 0.25) is 0 Å². The van der Waals surface area contributed by atoms with E-state index >= 15 is 0 Å². The maximum atomic E-state index is 13.5. The summed E-state index contributed by atoms with van der Waals surface area (Å²) in [5.74, 6) is -1.41. The highest BCUT2D eigenvalue weighted by atomic mass is 35.5. The molecule has 2 aromatic rings. The number of rotatable bonds is 4. The van der Waals surface area contributed by atoms with Gasteiger partial charge in [-0.15, -0.1) is 0 Å². The minimum Gasteiger partial charge on any atom is -0.468 e. The van der Waals surface area contributed by atoms with Crippen LogP contribution in [0.3, 0.4) is 0 Å². The van der Waals surface area contributed by atoms with Gasteiger partial charge in [0.05, 0.1) is 7.11 Å². The summed E-state index contributed by atoms with van der Waals surface area (Å²) in [6, 6.07) is 15.6. The number of carbonyl (C=O) groups is 2. The molecule has 1 N–H and O–H groups in total. The maximum absolute atomic E-state index is 13.5. The zero-order valence-electron chi connectivity index (χ0n) is 18.5. The van der Waals surface area contributed by atoms with Gasteiger partial charge in [0, 0.05) is 54.1 Å². The van der Waals surface area contributed by atoms with Crippen molar-refractivity contribution < 1.29 is 14.3 Å². The molecule has 6 heteroatoms. The quantitative estimate of drug-likeness (QED) is 0.678. The summed E-state index contributed by atoms with van der Waals surface area (Å²) < 4.78 is 5.10. The zero-order chi connectivity index (χ0) is 23.0. The minimum atomic E-state index is -0.667. The Balaban J connectivity index is 1.78. The number of esters is 1. The molecule has 5 nitrogen and oxygen atoms in total. The Bertz CT molecular complexity index is 1090. The summed E-state index contributed by atoms with van der Waals surface area (Å²) in [5.41, 5.74) is 5.08. The Morgan fingerprint density at radius 1 is 1.06 bits per heavy atom. The second kappa shape index (κ2) is 8.83. The van der Waals surface area contributed by atoms with Gasteiger partial charge in [-0.25, -0.2) is 0 Å². The third-order valence-electron chi connectivity index (χ3n) is 6.40. The largest absolute Gasteiger partial charge is 0.468 e. The normalized spacial score (nSPS) is 22.8. The first-order valence-corrected chi connectivity index (χ1v) is 11.0. The van der Waals surface area contributed by atoms with Crippen LogP contribution in [0.4, 0.5) is 5.69 Å². The van der Waals surface area contributed by atoms with Crippen LogP contribution in [-0.2, 0) is 14.3 Å². The molecule has 0 saturated heterocycles. The average Bonchev–Trinajstić information content (AvgIpc) is 2.78. The molecule has 0 bridgehead atoms. The second-order valence-electron chi connectivity index (χ2n) is 8.59. The van der Waals surface area contributed by atoms with Gasteiger partial charge >= 0.3 is 5.97 Å². The summed E-state index contributed by atoms with van der Waals surface area (Å²) in [6.45, 7) is 4.13. The lowest BCUT2D eigenvalue weighted by Crippen LogP contribution is -2.42. The van der Waals surface area contributed by atoms with E-state index in [-0.39, 0.29) is 11.7 Å². The molecule has 2 aliphatic rings. The lowest BCUT2D eigenvalue weighted by Gasteiger charge is -2.40. The van der Waals surface area contributed by atoms with E-state index in [1.807, 2.05) is 67.5 Å². The van der Waals surface area contributed by atoms with Crippen molar-refractivity contribution in [2.75, 3.05) is 26.1 Å². The van der Waals surface area contributed by atoms with Crippen molar-refractivity contribution in [2.45, 2.75) is 24.7 Å². The van der Waals surface area contributed by atoms with Crippen molar-refractivity contribution in [1.29, 1.82) is 0 Å². The van der Waals surface area contributed by atoms with Gasteiger partial charge in [0.15, 0.2) is 5.78 Å². The van der Waals surface area contributed by atoms with Gasteiger partial charge in [-0.1, -0.05) is 42.4 Å². The van der Waals surface area contributed by atoms with Gasteiger partial charge in [-0.05, 0) is 47.7 Å². The van der Waals surface area contributed by atoms with Crippen LogP contribution in [0.5, 0.6) is 0 Å². The number of hydrogen-bond donors (Lipinski definition) is 1. The van der Waals surface area contributed by atoms with Crippen LogP contribution in [0.2, 0.25) is 5.02 Å². The molecule has 4 rings (SSSR count). The fourth-order valence-electron chi connectivity index (χ4n) is 4.76. The molecule has 0 amide bonds. The number of nitrogens with one attached hydrogen (secondary N) is 1. The molecule has 2 aromatic carbocycles. The number of hydrogen-bond acceptors (Lipinski definition) is 5. The minimum absolute atomic E-state index is 0.0433. The van der Waals surface area contributed by atoms with Gasteiger partial charge in [0.25, 0.3) is 0 Å². The van der Waals surface area contributed by atoms with Crippen LogP contribution in [0.15, 0.2) is 72.1 Å². The summed E-state index contributed by atoms with van der Waals surface area (Å²) >= 11 is 6.04. The van der Waals surface area contributed by atoms with Crippen LogP contribution in [0.1, 0.15) is 35.8 Å². The molecule has 3 unspecified atom stereocenters. The van der Waals surface area contributed by atoms with Crippen molar-refractivity contribution in [3.8, 4) is 0 Å². The van der Waals surface area contributed by atoms with E-state index in [0.717, 1.165) is 22.5 Å². The van der Waals surface area contributed by atoms with Crippen LogP contribution >= 0.6 is 11.6 Å². The number of benzene rings is 2. The molecule has 1 aliphatic heterocycles. The van der Waals surface area contributed by atoms with Crippen molar-refractivity contribution >= 4 is 29.0 Å². The second-order valence-corrected chi connectivity index (χ2v) is 9.02. The van der Waals surface area contributed by atoms with Crippen LogP contribution in [0.25, 0.3) is 0 Å². The molecular formula is C26H27ClN2O3. The Labute approximate surface area is 193 Å². The van der Waals surface area contributed by atoms with E-state index in [9.17, 15) is 9.59 Å². The molecule has 1 aliphatic carbocycles. The number of allylic oxidation sites excluding steroid dienone is 2. The predicted molar refractivity (Wildman–Crippen MR) is 127 cm³/mol. The van der Waals surface area contributed by atoms with Crippen molar-refractivity contribution in [1.82, 2.24) is 5.32 Å². The molecule has 0 radical (unpaired) electrons. The van der Waals surface area contributed by atoms with Gasteiger partial charge in [-0.2, -0.15) is 0 Å². The third kappa shape index (κ3) is 4.05. The summed E-state index contributed by atoms with van der Waals surface area (Å²) in [5, 5.41) is 3.95. The van der Waals surface area contributed by atoms with E-state index < -0.39 is 17.8 Å². The highest BCUT2D eigenvalue weighted by Crippen LogP contribution is 2.47. The topological polar surface area (TPSA) is 58.6 Å². The Kier molecular flexibility index (Phi) is 6.11. The van der Waals surface area contributed by atoms with Gasteiger partial charge < -0.3 is 15.0 Å². The number of ketones is 1. The number of ether oxygens (including phenoxy) is 1. The lowest BCUT2D eigenvalue weighted by atomic mass is 9.69. The Morgan fingerprint density at radius 2 is 1.69 bits per heavy atom.